The number of unbranched alkanes of at least 4 members (excludes halogenated alkanes) is 2. The van der Waals surface area contributed by atoms with E-state index in [9.17, 15) is 4.79 Å². The summed E-state index contributed by atoms with van der Waals surface area (Å²) in [5.41, 5.74) is 0. The maximum atomic E-state index is 12.1. The zero-order valence-corrected chi connectivity index (χ0v) is 25.4. The fourth-order valence-corrected chi connectivity index (χ4v) is 7.11. The molecule has 4 nitrogen and oxygen atoms in total. The average molecular weight is 497 g/mol. The van der Waals surface area contributed by atoms with E-state index in [0.29, 0.717) is 6.42 Å². The first-order valence-corrected chi connectivity index (χ1v) is 19.0. The largest absolute Gasteiger partial charge is 0.462 e. The van der Waals surface area contributed by atoms with E-state index < -0.39 is 16.6 Å². The Balaban J connectivity index is 2.26. The Morgan fingerprint density at radius 1 is 1.03 bits per heavy atom. The summed E-state index contributed by atoms with van der Waals surface area (Å²) in [6.45, 7) is 25.3. The molecule has 2 rings (SSSR count). The lowest BCUT2D eigenvalue weighted by Gasteiger charge is -2.40. The van der Waals surface area contributed by atoms with E-state index in [0.717, 1.165) is 12.8 Å². The van der Waals surface area contributed by atoms with E-state index >= 15 is 0 Å². The molecule has 0 bridgehead atoms. The summed E-state index contributed by atoms with van der Waals surface area (Å²) < 4.78 is 19.4. The fourth-order valence-electron chi connectivity index (χ4n) is 4.44. The molecule has 2 aliphatic rings. The monoisotopic (exact) mass is 496 g/mol. The lowest BCUT2D eigenvalue weighted by atomic mass is 9.91. The number of hydrogen-bond donors (Lipinski definition) is 0. The van der Waals surface area contributed by atoms with Crippen LogP contribution in [0.15, 0.2) is 12.2 Å². The van der Waals surface area contributed by atoms with Gasteiger partial charge in [0, 0.05) is 18.3 Å². The van der Waals surface area contributed by atoms with Crippen molar-refractivity contribution >= 4 is 22.6 Å². The molecule has 0 N–H and O–H groups in total. The molecule has 0 aromatic carbocycles. The molecule has 33 heavy (non-hydrogen) atoms. The predicted molar refractivity (Wildman–Crippen MR) is 144 cm³/mol. The number of fused-ring (bicyclic) bond motifs is 1. The lowest BCUT2D eigenvalue weighted by molar-refractivity contribution is -0.141. The maximum absolute atomic E-state index is 12.1. The van der Waals surface area contributed by atoms with E-state index in [1.54, 1.807) is 0 Å². The topological polar surface area (TPSA) is 44.8 Å². The quantitative estimate of drug-likeness (QED) is 0.134. The van der Waals surface area contributed by atoms with Crippen molar-refractivity contribution in [2.45, 2.75) is 142 Å². The van der Waals surface area contributed by atoms with Crippen molar-refractivity contribution in [1.82, 2.24) is 0 Å². The summed E-state index contributed by atoms with van der Waals surface area (Å²) in [4.78, 5) is 12.1. The van der Waals surface area contributed by atoms with E-state index in [-0.39, 0.29) is 46.2 Å². The van der Waals surface area contributed by atoms with Crippen molar-refractivity contribution < 1.29 is 18.4 Å². The van der Waals surface area contributed by atoms with Crippen molar-refractivity contribution in [2.24, 2.45) is 11.8 Å². The first-order chi connectivity index (χ1) is 15.0. The van der Waals surface area contributed by atoms with Gasteiger partial charge in [0.2, 0.25) is 0 Å². The highest BCUT2D eigenvalue weighted by Crippen LogP contribution is 2.47. The van der Waals surface area contributed by atoms with Crippen molar-refractivity contribution in [3.63, 3.8) is 0 Å². The molecule has 0 aromatic heterocycles. The number of carbonyl (C=O) groups excluding carboxylic acids is 1. The van der Waals surface area contributed by atoms with E-state index in [4.69, 9.17) is 13.6 Å². The molecule has 1 aliphatic heterocycles. The van der Waals surface area contributed by atoms with Crippen LogP contribution >= 0.6 is 0 Å². The molecular weight excluding hydrogens is 444 g/mol. The molecule has 5 atom stereocenters. The van der Waals surface area contributed by atoms with Crippen LogP contribution in [0.4, 0.5) is 0 Å². The van der Waals surface area contributed by atoms with Crippen LogP contribution in [-0.4, -0.2) is 40.9 Å². The van der Waals surface area contributed by atoms with Gasteiger partial charge in [-0.1, -0.05) is 79.9 Å². The molecule has 6 heteroatoms. The van der Waals surface area contributed by atoms with Crippen molar-refractivity contribution in [3.05, 3.63) is 12.2 Å². The van der Waals surface area contributed by atoms with E-state index in [1.807, 2.05) is 0 Å². The van der Waals surface area contributed by atoms with Gasteiger partial charge in [-0.05, 0) is 42.7 Å². The zero-order chi connectivity index (χ0) is 25.2. The summed E-state index contributed by atoms with van der Waals surface area (Å²) in [5.74, 6) is 0.395. The van der Waals surface area contributed by atoms with Crippen LogP contribution in [0.25, 0.3) is 0 Å². The van der Waals surface area contributed by atoms with Gasteiger partial charge in [0.1, 0.15) is 6.10 Å². The Kier molecular flexibility index (Phi) is 9.31. The van der Waals surface area contributed by atoms with E-state index in [1.165, 1.54) is 19.3 Å². The van der Waals surface area contributed by atoms with Crippen LogP contribution < -0.4 is 0 Å². The number of carbonyl (C=O) groups is 1. The zero-order valence-electron chi connectivity index (χ0n) is 23.4. The summed E-state index contributed by atoms with van der Waals surface area (Å²) in [6.07, 6.45) is 10.9. The molecule has 1 heterocycles. The van der Waals surface area contributed by atoms with Gasteiger partial charge in [-0.15, -0.1) is 0 Å². The van der Waals surface area contributed by atoms with Gasteiger partial charge in [-0.2, -0.15) is 0 Å². The van der Waals surface area contributed by atoms with Crippen LogP contribution in [0.5, 0.6) is 0 Å². The molecule has 1 aliphatic carbocycles. The number of rotatable bonds is 10. The van der Waals surface area contributed by atoms with Gasteiger partial charge in [-0.25, -0.2) is 0 Å². The highest BCUT2D eigenvalue weighted by Gasteiger charge is 2.52. The molecule has 0 spiro atoms. The standard InChI is InChI=1S/C27H52O4Si2/c1-12-13-14-15-20(30-32(8,9)26(2,3)4)16-17-21-22-18-25(28)29-23(22)19-24(21)31-33(10,11)27(5,6)7/h16-17,20-24H,12-15,18-19H2,1-11H3/b17-16+/t20-,21+,22-,23+,24-/m1/s1. The van der Waals surface area contributed by atoms with Gasteiger partial charge in [0.25, 0.3) is 0 Å². The first kappa shape index (κ1) is 28.8. The molecule has 0 unspecified atom stereocenters. The Labute approximate surface area is 206 Å². The van der Waals surface area contributed by atoms with Crippen molar-refractivity contribution in [2.75, 3.05) is 0 Å². The van der Waals surface area contributed by atoms with Gasteiger partial charge < -0.3 is 13.6 Å². The third-order valence-electron chi connectivity index (χ3n) is 8.70. The highest BCUT2D eigenvalue weighted by molar-refractivity contribution is 6.74. The predicted octanol–water partition coefficient (Wildman–Crippen LogP) is 7.86. The first-order valence-electron chi connectivity index (χ1n) is 13.2. The summed E-state index contributed by atoms with van der Waals surface area (Å²) in [7, 11) is -3.80. The third-order valence-corrected chi connectivity index (χ3v) is 17.7. The number of hydrogen-bond acceptors (Lipinski definition) is 4. The Morgan fingerprint density at radius 2 is 1.64 bits per heavy atom. The summed E-state index contributed by atoms with van der Waals surface area (Å²) >= 11 is 0. The van der Waals surface area contributed by atoms with Crippen LogP contribution in [0.2, 0.25) is 36.3 Å². The third kappa shape index (κ3) is 7.28. The molecule has 192 valence electrons. The van der Waals surface area contributed by atoms with Crippen LogP contribution in [0.1, 0.15) is 87.0 Å². The fraction of sp³-hybridized carbons (Fsp3) is 0.889. The van der Waals surface area contributed by atoms with Crippen LogP contribution in [0.3, 0.4) is 0 Å². The minimum atomic E-state index is -1.92. The number of esters is 1. The van der Waals surface area contributed by atoms with Gasteiger partial charge in [0.05, 0.1) is 18.6 Å². The number of ether oxygens (including phenoxy) is 1. The molecular formula is C27H52O4Si2. The van der Waals surface area contributed by atoms with Gasteiger partial charge >= 0.3 is 5.97 Å². The lowest BCUT2D eigenvalue weighted by Crippen LogP contribution is -2.45. The summed E-state index contributed by atoms with van der Waals surface area (Å²) in [5, 5.41) is 0.339. The van der Waals surface area contributed by atoms with E-state index in [2.05, 4.69) is 86.8 Å². The average Bonchev–Trinajstić information content (AvgIpc) is 3.12. The minimum absolute atomic E-state index is 0.00164. The highest BCUT2D eigenvalue weighted by atomic mass is 28.4. The Hall–Kier alpha value is -0.436. The second-order valence-electron chi connectivity index (χ2n) is 13.4. The normalized spacial score (nSPS) is 27.8. The smallest absolute Gasteiger partial charge is 0.306 e. The second-order valence-corrected chi connectivity index (χ2v) is 22.9. The SMILES string of the molecule is CCCCC[C@H](/C=C/[C@H]1[C@H]2CC(=O)O[C@H]2C[C@H]1O[Si](C)(C)C(C)(C)C)O[Si](C)(C)C(C)(C)C. The second kappa shape index (κ2) is 10.7. The molecule has 1 saturated heterocycles. The Morgan fingerprint density at radius 3 is 2.18 bits per heavy atom. The van der Waals surface area contributed by atoms with Crippen molar-refractivity contribution in [3.8, 4) is 0 Å². The molecule has 2 fully saturated rings. The molecule has 0 radical (unpaired) electrons. The van der Waals surface area contributed by atoms with Gasteiger partial charge in [0.15, 0.2) is 16.6 Å². The molecule has 0 amide bonds. The summed E-state index contributed by atoms with van der Waals surface area (Å²) in [6, 6.07) is 0. The van der Waals surface area contributed by atoms with Crippen LogP contribution in [0, 0.1) is 11.8 Å². The van der Waals surface area contributed by atoms with Crippen molar-refractivity contribution in [1.29, 1.82) is 0 Å². The van der Waals surface area contributed by atoms with Gasteiger partial charge in [-0.3, -0.25) is 4.79 Å². The molecule has 1 saturated carbocycles. The molecule has 0 aromatic rings. The Bertz CT molecular complexity index is 687. The van der Waals surface area contributed by atoms with Crippen LogP contribution in [-0.2, 0) is 18.4 Å². The minimum Gasteiger partial charge on any atom is -0.462 e. The maximum Gasteiger partial charge on any atom is 0.306 e.